The summed E-state index contributed by atoms with van der Waals surface area (Å²) in [6, 6.07) is 5.55. The zero-order valence-corrected chi connectivity index (χ0v) is 11.1. The molecule has 0 saturated carbocycles. The summed E-state index contributed by atoms with van der Waals surface area (Å²) in [4.78, 5) is 11.2. The lowest BCUT2D eigenvalue weighted by atomic mass is 9.91. The maximum Gasteiger partial charge on any atom is 0.311 e. The zero-order valence-electron chi connectivity index (χ0n) is 11.1. The van der Waals surface area contributed by atoms with E-state index in [0.29, 0.717) is 13.0 Å². The Hall–Kier alpha value is -1.55. The second-order valence-electron chi connectivity index (χ2n) is 4.62. The molecular formula is C14H21NO3. The predicted molar refractivity (Wildman–Crippen MR) is 71.1 cm³/mol. The van der Waals surface area contributed by atoms with E-state index in [1.807, 2.05) is 12.1 Å². The van der Waals surface area contributed by atoms with Crippen molar-refractivity contribution in [3.63, 3.8) is 0 Å². The molecule has 0 amide bonds. The monoisotopic (exact) mass is 251 g/mol. The number of hydrogen-bond donors (Lipinski definition) is 2. The van der Waals surface area contributed by atoms with Gasteiger partial charge in [-0.05, 0) is 36.1 Å². The number of ether oxygens (including phenoxy) is 1. The minimum Gasteiger partial charge on any atom is -0.496 e. The summed E-state index contributed by atoms with van der Waals surface area (Å²) in [5.74, 6) is -0.295. The Morgan fingerprint density at radius 2 is 2.11 bits per heavy atom. The van der Waals surface area contributed by atoms with E-state index in [4.69, 9.17) is 10.5 Å². The van der Waals surface area contributed by atoms with Crippen LogP contribution in [0, 0.1) is 0 Å². The molecule has 0 bridgehead atoms. The number of carbonyl (C=O) groups is 1. The summed E-state index contributed by atoms with van der Waals surface area (Å²) in [5, 5.41) is 9.23. The zero-order chi connectivity index (χ0) is 13.7. The van der Waals surface area contributed by atoms with Gasteiger partial charge in [0.25, 0.3) is 0 Å². The van der Waals surface area contributed by atoms with E-state index >= 15 is 0 Å². The van der Waals surface area contributed by atoms with Crippen LogP contribution >= 0.6 is 0 Å². The summed E-state index contributed by atoms with van der Waals surface area (Å²) in [5.41, 5.74) is 7.29. The molecule has 1 aromatic carbocycles. The topological polar surface area (TPSA) is 72.5 Å². The number of methoxy groups -OCH3 is 1. The average molecular weight is 251 g/mol. The molecule has 1 atom stereocenters. The van der Waals surface area contributed by atoms with E-state index in [2.05, 4.69) is 13.8 Å². The Morgan fingerprint density at radius 1 is 1.44 bits per heavy atom. The summed E-state index contributed by atoms with van der Waals surface area (Å²) >= 11 is 0. The second kappa shape index (κ2) is 6.40. The van der Waals surface area contributed by atoms with Gasteiger partial charge in [-0.25, -0.2) is 0 Å². The normalized spacial score (nSPS) is 12.5. The van der Waals surface area contributed by atoms with E-state index < -0.39 is 11.9 Å². The van der Waals surface area contributed by atoms with Gasteiger partial charge in [0.15, 0.2) is 0 Å². The van der Waals surface area contributed by atoms with Gasteiger partial charge in [-0.2, -0.15) is 0 Å². The molecular weight excluding hydrogens is 230 g/mol. The quantitative estimate of drug-likeness (QED) is 0.814. The third-order valence-electron chi connectivity index (χ3n) is 3.03. The highest BCUT2D eigenvalue weighted by Crippen LogP contribution is 2.31. The van der Waals surface area contributed by atoms with Crippen molar-refractivity contribution in [1.82, 2.24) is 0 Å². The van der Waals surface area contributed by atoms with Crippen LogP contribution in [0.25, 0.3) is 0 Å². The molecule has 100 valence electrons. The van der Waals surface area contributed by atoms with Crippen LogP contribution in [0.15, 0.2) is 18.2 Å². The molecule has 0 saturated heterocycles. The Labute approximate surface area is 108 Å². The molecule has 0 aromatic heterocycles. The number of benzene rings is 1. The average Bonchev–Trinajstić information content (AvgIpc) is 2.34. The minimum atomic E-state index is -0.833. The molecule has 1 aromatic rings. The van der Waals surface area contributed by atoms with Crippen molar-refractivity contribution in [2.24, 2.45) is 5.73 Å². The number of rotatable bonds is 6. The summed E-state index contributed by atoms with van der Waals surface area (Å²) in [6.07, 6.45) is 0.444. The molecule has 18 heavy (non-hydrogen) atoms. The van der Waals surface area contributed by atoms with Crippen molar-refractivity contribution >= 4 is 5.97 Å². The fourth-order valence-electron chi connectivity index (χ4n) is 2.02. The number of nitrogens with two attached hydrogens (primary N) is 1. The minimum absolute atomic E-state index is 0.284. The highest BCUT2D eigenvalue weighted by Gasteiger charge is 2.20. The largest absolute Gasteiger partial charge is 0.496 e. The van der Waals surface area contributed by atoms with Crippen LogP contribution in [0.1, 0.15) is 43.2 Å². The highest BCUT2D eigenvalue weighted by atomic mass is 16.5. The fraction of sp³-hybridized carbons (Fsp3) is 0.500. The van der Waals surface area contributed by atoms with Crippen LogP contribution in [0.2, 0.25) is 0 Å². The molecule has 0 spiro atoms. The van der Waals surface area contributed by atoms with E-state index in [0.717, 1.165) is 16.9 Å². The van der Waals surface area contributed by atoms with Gasteiger partial charge in [0.2, 0.25) is 0 Å². The Morgan fingerprint density at radius 3 is 2.56 bits per heavy atom. The van der Waals surface area contributed by atoms with Crippen LogP contribution in [0.5, 0.6) is 5.75 Å². The molecule has 0 aliphatic heterocycles. The Balaban J connectivity index is 3.16. The van der Waals surface area contributed by atoms with Crippen LogP contribution in [0.3, 0.4) is 0 Å². The van der Waals surface area contributed by atoms with Crippen LogP contribution in [0.4, 0.5) is 0 Å². The smallest absolute Gasteiger partial charge is 0.311 e. The third kappa shape index (κ3) is 3.23. The van der Waals surface area contributed by atoms with Gasteiger partial charge in [-0.15, -0.1) is 0 Å². The molecule has 0 heterocycles. The fourth-order valence-corrected chi connectivity index (χ4v) is 2.02. The first-order valence-corrected chi connectivity index (χ1v) is 6.12. The molecule has 0 aliphatic carbocycles. The van der Waals surface area contributed by atoms with E-state index in [9.17, 15) is 9.90 Å². The highest BCUT2D eigenvalue weighted by molar-refractivity contribution is 5.76. The van der Waals surface area contributed by atoms with Crippen molar-refractivity contribution in [3.05, 3.63) is 29.3 Å². The van der Waals surface area contributed by atoms with Gasteiger partial charge in [-0.1, -0.05) is 26.0 Å². The Kier molecular flexibility index (Phi) is 5.16. The first-order chi connectivity index (χ1) is 8.51. The van der Waals surface area contributed by atoms with Crippen molar-refractivity contribution in [2.75, 3.05) is 13.7 Å². The summed E-state index contributed by atoms with van der Waals surface area (Å²) < 4.78 is 5.29. The van der Waals surface area contributed by atoms with Crippen LogP contribution in [-0.4, -0.2) is 24.7 Å². The van der Waals surface area contributed by atoms with E-state index in [1.54, 1.807) is 13.2 Å². The Bertz CT molecular complexity index is 416. The molecule has 4 heteroatoms. The van der Waals surface area contributed by atoms with Crippen molar-refractivity contribution in [2.45, 2.75) is 32.1 Å². The standard InChI is InChI=1S/C14H21NO3/c1-9(2)12-8-10(4-5-13(12)18-3)11(6-7-15)14(16)17/h4-5,8-9,11H,6-7,15H2,1-3H3,(H,16,17). The van der Waals surface area contributed by atoms with Crippen LogP contribution < -0.4 is 10.5 Å². The van der Waals surface area contributed by atoms with Gasteiger partial charge in [0.05, 0.1) is 13.0 Å². The molecule has 0 fully saturated rings. The molecule has 0 aliphatic rings. The van der Waals surface area contributed by atoms with Crippen LogP contribution in [-0.2, 0) is 4.79 Å². The predicted octanol–water partition coefficient (Wildman–Crippen LogP) is 2.34. The van der Waals surface area contributed by atoms with Gasteiger partial charge in [0.1, 0.15) is 5.75 Å². The van der Waals surface area contributed by atoms with Gasteiger partial charge in [-0.3, -0.25) is 4.79 Å². The number of carboxylic acids is 1. The van der Waals surface area contributed by atoms with Gasteiger partial charge >= 0.3 is 5.97 Å². The number of aliphatic carboxylic acids is 1. The van der Waals surface area contributed by atoms with Gasteiger partial charge < -0.3 is 15.6 Å². The maximum atomic E-state index is 11.2. The molecule has 3 N–H and O–H groups in total. The van der Waals surface area contributed by atoms with Gasteiger partial charge in [0, 0.05) is 0 Å². The number of carboxylic acid groups (broad SMARTS) is 1. The number of hydrogen-bond acceptors (Lipinski definition) is 3. The molecule has 1 rings (SSSR count). The maximum absolute atomic E-state index is 11.2. The SMILES string of the molecule is COc1ccc(C(CCN)C(=O)O)cc1C(C)C. The first-order valence-electron chi connectivity index (χ1n) is 6.12. The third-order valence-corrected chi connectivity index (χ3v) is 3.03. The first kappa shape index (κ1) is 14.5. The molecule has 0 radical (unpaired) electrons. The molecule has 1 unspecified atom stereocenters. The lowest BCUT2D eigenvalue weighted by molar-refractivity contribution is -0.138. The lowest BCUT2D eigenvalue weighted by Crippen LogP contribution is -2.16. The van der Waals surface area contributed by atoms with Crippen molar-refractivity contribution in [1.29, 1.82) is 0 Å². The summed E-state index contributed by atoms with van der Waals surface area (Å²) in [7, 11) is 1.62. The van der Waals surface area contributed by atoms with Crippen molar-refractivity contribution in [3.8, 4) is 5.75 Å². The molecule has 4 nitrogen and oxygen atoms in total. The second-order valence-corrected chi connectivity index (χ2v) is 4.62. The lowest BCUT2D eigenvalue weighted by Gasteiger charge is -2.17. The van der Waals surface area contributed by atoms with E-state index in [-0.39, 0.29) is 5.92 Å². The van der Waals surface area contributed by atoms with E-state index in [1.165, 1.54) is 0 Å². The summed E-state index contributed by atoms with van der Waals surface area (Å²) in [6.45, 7) is 4.47. The van der Waals surface area contributed by atoms with Crippen molar-refractivity contribution < 1.29 is 14.6 Å².